The maximum Gasteiger partial charge on any atom is 0.116 e. The molecule has 0 aliphatic carbocycles. The van der Waals surface area contributed by atoms with Crippen molar-refractivity contribution >= 4 is 16.6 Å². The quantitative estimate of drug-likeness (QED) is 0.785. The first-order valence-electron chi connectivity index (χ1n) is 8.53. The number of ether oxygens (including phenoxy) is 1. The molecule has 0 bridgehead atoms. The standard InChI is InChI=1S/C20H18N4O2/c21-5-4-15-11-19-17(13-22-15)20(24-6-8-26-9-7-24)12-18(23-19)14-2-1-3-16(25)10-14/h1-3,10-13,25H,4,6-9H2. The van der Waals surface area contributed by atoms with Crippen molar-refractivity contribution in [3.05, 3.63) is 48.3 Å². The molecule has 4 rings (SSSR count). The van der Waals surface area contributed by atoms with Crippen LogP contribution in [0.25, 0.3) is 22.2 Å². The van der Waals surface area contributed by atoms with E-state index < -0.39 is 0 Å². The van der Waals surface area contributed by atoms with Gasteiger partial charge in [-0.3, -0.25) is 4.98 Å². The minimum atomic E-state index is 0.206. The van der Waals surface area contributed by atoms with Crippen LogP contribution in [0.3, 0.4) is 0 Å². The lowest BCUT2D eigenvalue weighted by Gasteiger charge is -2.30. The van der Waals surface area contributed by atoms with Gasteiger partial charge in [-0.15, -0.1) is 0 Å². The Balaban J connectivity index is 1.90. The molecule has 6 heteroatoms. The second kappa shape index (κ2) is 6.98. The monoisotopic (exact) mass is 346 g/mol. The van der Waals surface area contributed by atoms with Gasteiger partial charge in [-0.25, -0.2) is 4.98 Å². The summed E-state index contributed by atoms with van der Waals surface area (Å²) in [7, 11) is 0. The number of pyridine rings is 2. The minimum absolute atomic E-state index is 0.206. The highest BCUT2D eigenvalue weighted by atomic mass is 16.5. The molecule has 1 aliphatic heterocycles. The van der Waals surface area contributed by atoms with Crippen molar-refractivity contribution in [1.82, 2.24) is 9.97 Å². The molecule has 0 atom stereocenters. The zero-order valence-electron chi connectivity index (χ0n) is 14.2. The van der Waals surface area contributed by atoms with Gasteiger partial charge in [0.2, 0.25) is 0 Å². The summed E-state index contributed by atoms with van der Waals surface area (Å²) >= 11 is 0. The van der Waals surface area contributed by atoms with Crippen LogP contribution in [0.2, 0.25) is 0 Å². The number of nitriles is 1. The highest BCUT2D eigenvalue weighted by Crippen LogP contribution is 2.32. The van der Waals surface area contributed by atoms with Crippen molar-refractivity contribution < 1.29 is 9.84 Å². The Labute approximate surface area is 151 Å². The van der Waals surface area contributed by atoms with Crippen LogP contribution < -0.4 is 4.90 Å². The summed E-state index contributed by atoms with van der Waals surface area (Å²) in [6.07, 6.45) is 2.05. The Kier molecular flexibility index (Phi) is 4.38. The molecule has 0 spiro atoms. The molecule has 6 nitrogen and oxygen atoms in total. The van der Waals surface area contributed by atoms with E-state index in [0.29, 0.717) is 18.9 Å². The van der Waals surface area contributed by atoms with E-state index in [2.05, 4.69) is 16.0 Å². The van der Waals surface area contributed by atoms with Crippen LogP contribution in [0.1, 0.15) is 5.69 Å². The Morgan fingerprint density at radius 3 is 2.81 bits per heavy atom. The Morgan fingerprint density at radius 1 is 1.19 bits per heavy atom. The fraction of sp³-hybridized carbons (Fsp3) is 0.250. The third-order valence-electron chi connectivity index (χ3n) is 4.48. The van der Waals surface area contributed by atoms with Crippen LogP contribution in [0, 0.1) is 11.3 Å². The zero-order chi connectivity index (χ0) is 17.9. The van der Waals surface area contributed by atoms with Gasteiger partial charge in [0.15, 0.2) is 0 Å². The number of benzene rings is 1. The number of morpholine rings is 1. The Hall–Kier alpha value is -3.17. The maximum absolute atomic E-state index is 9.82. The second-order valence-corrected chi connectivity index (χ2v) is 6.20. The fourth-order valence-electron chi connectivity index (χ4n) is 3.20. The second-order valence-electron chi connectivity index (χ2n) is 6.20. The molecule has 0 amide bonds. The van der Waals surface area contributed by atoms with Gasteiger partial charge < -0.3 is 14.7 Å². The van der Waals surface area contributed by atoms with E-state index >= 15 is 0 Å². The Morgan fingerprint density at radius 2 is 2.04 bits per heavy atom. The first kappa shape index (κ1) is 16.3. The van der Waals surface area contributed by atoms with Crippen LogP contribution in [-0.2, 0) is 11.2 Å². The fourth-order valence-corrected chi connectivity index (χ4v) is 3.20. The normalized spacial score (nSPS) is 14.3. The maximum atomic E-state index is 9.82. The van der Waals surface area contributed by atoms with E-state index in [1.54, 1.807) is 24.4 Å². The average molecular weight is 346 g/mol. The van der Waals surface area contributed by atoms with Crippen molar-refractivity contribution in [2.75, 3.05) is 31.2 Å². The van der Waals surface area contributed by atoms with Crippen LogP contribution in [0.5, 0.6) is 5.75 Å². The van der Waals surface area contributed by atoms with E-state index in [9.17, 15) is 5.11 Å². The Bertz CT molecular complexity index is 991. The van der Waals surface area contributed by atoms with Crippen molar-refractivity contribution in [2.45, 2.75) is 6.42 Å². The molecule has 1 aliphatic rings. The first-order chi connectivity index (χ1) is 12.7. The molecule has 0 radical (unpaired) electrons. The van der Waals surface area contributed by atoms with Crippen LogP contribution >= 0.6 is 0 Å². The van der Waals surface area contributed by atoms with Gasteiger partial charge >= 0.3 is 0 Å². The molecule has 1 fully saturated rings. The van der Waals surface area contributed by atoms with E-state index in [-0.39, 0.29) is 12.2 Å². The van der Waals surface area contributed by atoms with Gasteiger partial charge in [-0.2, -0.15) is 5.26 Å². The molecule has 3 aromatic rings. The molecule has 0 unspecified atom stereocenters. The number of phenols is 1. The first-order valence-corrected chi connectivity index (χ1v) is 8.53. The third kappa shape index (κ3) is 3.17. The van der Waals surface area contributed by atoms with Crippen molar-refractivity contribution in [2.24, 2.45) is 0 Å². The number of rotatable bonds is 3. The number of nitrogens with zero attached hydrogens (tertiary/aromatic N) is 4. The summed E-state index contributed by atoms with van der Waals surface area (Å²) in [6.45, 7) is 2.98. The van der Waals surface area contributed by atoms with E-state index in [1.165, 1.54) is 0 Å². The average Bonchev–Trinajstić information content (AvgIpc) is 2.68. The van der Waals surface area contributed by atoms with Gasteiger partial charge in [0, 0.05) is 30.2 Å². The van der Waals surface area contributed by atoms with E-state index in [0.717, 1.165) is 40.9 Å². The van der Waals surface area contributed by atoms with Gasteiger partial charge in [-0.05, 0) is 24.3 Å². The predicted molar refractivity (Wildman–Crippen MR) is 99.0 cm³/mol. The number of hydrogen-bond donors (Lipinski definition) is 1. The van der Waals surface area contributed by atoms with Crippen molar-refractivity contribution in [3.8, 4) is 23.1 Å². The molecular formula is C20H18N4O2. The number of hydrogen-bond acceptors (Lipinski definition) is 6. The lowest BCUT2D eigenvalue weighted by molar-refractivity contribution is 0.123. The number of aromatic nitrogens is 2. The number of fused-ring (bicyclic) bond motifs is 1. The van der Waals surface area contributed by atoms with Gasteiger partial charge in [0.25, 0.3) is 0 Å². The highest BCUT2D eigenvalue weighted by molar-refractivity contribution is 5.94. The highest BCUT2D eigenvalue weighted by Gasteiger charge is 2.17. The van der Waals surface area contributed by atoms with Gasteiger partial charge in [0.1, 0.15) is 5.75 Å². The summed E-state index contributed by atoms with van der Waals surface area (Å²) in [5.41, 5.74) is 4.18. The zero-order valence-corrected chi connectivity index (χ0v) is 14.2. The van der Waals surface area contributed by atoms with Crippen molar-refractivity contribution in [3.63, 3.8) is 0 Å². The summed E-state index contributed by atoms with van der Waals surface area (Å²) in [5, 5.41) is 19.7. The predicted octanol–water partition coefficient (Wildman–Crippen LogP) is 2.91. The van der Waals surface area contributed by atoms with Crippen LogP contribution in [0.4, 0.5) is 5.69 Å². The molecule has 1 saturated heterocycles. The molecular weight excluding hydrogens is 328 g/mol. The summed E-state index contributed by atoms with van der Waals surface area (Å²) in [4.78, 5) is 11.4. The minimum Gasteiger partial charge on any atom is -0.508 e. The molecule has 1 N–H and O–H groups in total. The topological polar surface area (TPSA) is 82.3 Å². The molecule has 1 aromatic carbocycles. The number of phenolic OH excluding ortho intramolecular Hbond substituents is 1. The lowest BCUT2D eigenvalue weighted by Crippen LogP contribution is -2.36. The summed E-state index contributed by atoms with van der Waals surface area (Å²) < 4.78 is 5.47. The summed E-state index contributed by atoms with van der Waals surface area (Å²) in [6, 6.07) is 13.1. The smallest absolute Gasteiger partial charge is 0.116 e. The van der Waals surface area contributed by atoms with Crippen LogP contribution in [-0.4, -0.2) is 41.4 Å². The van der Waals surface area contributed by atoms with Gasteiger partial charge in [-0.1, -0.05) is 12.1 Å². The molecule has 2 aromatic heterocycles. The molecule has 0 saturated carbocycles. The van der Waals surface area contributed by atoms with Gasteiger partial charge in [0.05, 0.1) is 48.3 Å². The third-order valence-corrected chi connectivity index (χ3v) is 4.48. The largest absolute Gasteiger partial charge is 0.508 e. The molecule has 26 heavy (non-hydrogen) atoms. The molecule has 3 heterocycles. The van der Waals surface area contributed by atoms with E-state index in [4.69, 9.17) is 15.0 Å². The SMILES string of the molecule is N#CCc1cc2nc(-c3cccc(O)c3)cc(N3CCOCC3)c2cn1. The van der Waals surface area contributed by atoms with E-state index in [1.807, 2.05) is 18.2 Å². The lowest BCUT2D eigenvalue weighted by atomic mass is 10.1. The van der Waals surface area contributed by atoms with Crippen LogP contribution in [0.15, 0.2) is 42.6 Å². The number of anilines is 1. The summed E-state index contributed by atoms with van der Waals surface area (Å²) in [5.74, 6) is 0.206. The molecule has 130 valence electrons. The number of aromatic hydroxyl groups is 1. The van der Waals surface area contributed by atoms with Crippen molar-refractivity contribution in [1.29, 1.82) is 5.26 Å².